The van der Waals surface area contributed by atoms with E-state index < -0.39 is 36.3 Å². The lowest BCUT2D eigenvalue weighted by Gasteiger charge is -2.23. The second-order valence-electron chi connectivity index (χ2n) is 6.95. The molecule has 1 aliphatic heterocycles. The summed E-state index contributed by atoms with van der Waals surface area (Å²) in [5, 5.41) is 13.6. The Morgan fingerprint density at radius 2 is 1.89 bits per heavy atom. The molecular weight excluding hydrogens is 366 g/mol. The van der Waals surface area contributed by atoms with Crippen LogP contribution in [0.5, 0.6) is 5.75 Å². The third-order valence-corrected chi connectivity index (χ3v) is 4.54. The van der Waals surface area contributed by atoms with Crippen molar-refractivity contribution in [2.75, 3.05) is 25.1 Å². The van der Waals surface area contributed by atoms with Gasteiger partial charge in [0.2, 0.25) is 17.7 Å². The first-order valence-electron chi connectivity index (χ1n) is 8.97. The Labute approximate surface area is 163 Å². The van der Waals surface area contributed by atoms with Crippen molar-refractivity contribution in [2.24, 2.45) is 11.8 Å². The van der Waals surface area contributed by atoms with Crippen molar-refractivity contribution in [2.45, 2.75) is 26.3 Å². The normalized spacial score (nSPS) is 17.4. The number of benzene rings is 1. The summed E-state index contributed by atoms with van der Waals surface area (Å²) >= 11 is 0. The molecular formula is C19H25N3O6. The zero-order valence-electron chi connectivity index (χ0n) is 16.1. The Morgan fingerprint density at radius 1 is 1.25 bits per heavy atom. The zero-order valence-corrected chi connectivity index (χ0v) is 16.1. The van der Waals surface area contributed by atoms with Crippen LogP contribution in [0.15, 0.2) is 24.3 Å². The summed E-state index contributed by atoms with van der Waals surface area (Å²) in [5.41, 5.74) is 0.667. The molecule has 1 heterocycles. The van der Waals surface area contributed by atoms with Gasteiger partial charge in [0.05, 0.1) is 13.0 Å². The van der Waals surface area contributed by atoms with Crippen molar-refractivity contribution >= 4 is 29.4 Å². The van der Waals surface area contributed by atoms with Gasteiger partial charge < -0.3 is 25.4 Å². The third kappa shape index (κ3) is 5.21. The number of carbonyl (C=O) groups is 4. The number of nitrogens with zero attached hydrogens (tertiary/aromatic N) is 1. The average molecular weight is 391 g/mol. The second kappa shape index (κ2) is 9.20. The minimum Gasteiger partial charge on any atom is -0.497 e. The molecule has 0 radical (unpaired) electrons. The molecule has 1 aliphatic rings. The highest BCUT2D eigenvalue weighted by Crippen LogP contribution is 2.27. The van der Waals surface area contributed by atoms with Gasteiger partial charge in [0.25, 0.3) is 0 Å². The van der Waals surface area contributed by atoms with E-state index in [4.69, 9.17) is 9.84 Å². The first kappa shape index (κ1) is 21.2. The van der Waals surface area contributed by atoms with E-state index in [2.05, 4.69) is 10.6 Å². The number of carboxylic acids is 1. The molecule has 0 spiro atoms. The molecule has 0 aromatic heterocycles. The van der Waals surface area contributed by atoms with Crippen LogP contribution in [0, 0.1) is 11.8 Å². The highest BCUT2D eigenvalue weighted by atomic mass is 16.5. The molecule has 1 aromatic rings. The highest BCUT2D eigenvalue weighted by Gasteiger charge is 2.37. The van der Waals surface area contributed by atoms with E-state index in [1.165, 1.54) is 4.90 Å². The largest absolute Gasteiger partial charge is 0.497 e. The number of hydrogen-bond donors (Lipinski definition) is 3. The first-order chi connectivity index (χ1) is 13.2. The number of ether oxygens (including phenoxy) is 1. The van der Waals surface area contributed by atoms with E-state index in [0.717, 1.165) is 0 Å². The molecule has 0 unspecified atom stereocenters. The maximum atomic E-state index is 12.6. The number of methoxy groups -OCH3 is 1. The summed E-state index contributed by atoms with van der Waals surface area (Å²) < 4.78 is 5.10. The number of carbonyl (C=O) groups excluding carboxylic acids is 3. The van der Waals surface area contributed by atoms with Gasteiger partial charge in [0.1, 0.15) is 18.3 Å². The van der Waals surface area contributed by atoms with Gasteiger partial charge in [-0.3, -0.25) is 19.2 Å². The van der Waals surface area contributed by atoms with E-state index in [9.17, 15) is 19.2 Å². The van der Waals surface area contributed by atoms with E-state index in [1.54, 1.807) is 45.2 Å². The van der Waals surface area contributed by atoms with Gasteiger partial charge in [-0.2, -0.15) is 0 Å². The molecule has 0 bridgehead atoms. The predicted molar refractivity (Wildman–Crippen MR) is 101 cm³/mol. The van der Waals surface area contributed by atoms with Crippen LogP contribution in [-0.4, -0.2) is 55.0 Å². The fourth-order valence-corrected chi connectivity index (χ4v) is 2.97. The van der Waals surface area contributed by atoms with Gasteiger partial charge >= 0.3 is 5.97 Å². The van der Waals surface area contributed by atoms with Gasteiger partial charge in [-0.1, -0.05) is 13.8 Å². The van der Waals surface area contributed by atoms with Gasteiger partial charge in [-0.15, -0.1) is 0 Å². The maximum absolute atomic E-state index is 12.6. The Bertz CT molecular complexity index is 747. The number of nitrogens with one attached hydrogen (secondary N) is 2. The molecule has 2 rings (SSSR count). The minimum absolute atomic E-state index is 0.0411. The summed E-state index contributed by atoms with van der Waals surface area (Å²) in [6, 6.07) is 6.08. The summed E-state index contributed by atoms with van der Waals surface area (Å²) in [4.78, 5) is 49.3. The molecule has 28 heavy (non-hydrogen) atoms. The number of aliphatic carboxylic acids is 1. The summed E-state index contributed by atoms with van der Waals surface area (Å²) in [5.74, 6) is -2.50. The number of amides is 3. The lowest BCUT2D eigenvalue weighted by atomic mass is 10.0. The molecule has 9 nitrogen and oxygen atoms in total. The van der Waals surface area contributed by atoms with E-state index >= 15 is 0 Å². The molecule has 2 atom stereocenters. The van der Waals surface area contributed by atoms with E-state index in [-0.39, 0.29) is 24.8 Å². The van der Waals surface area contributed by atoms with Crippen molar-refractivity contribution in [3.05, 3.63) is 24.3 Å². The highest BCUT2D eigenvalue weighted by molar-refractivity contribution is 6.01. The average Bonchev–Trinajstić information content (AvgIpc) is 3.05. The monoisotopic (exact) mass is 391 g/mol. The van der Waals surface area contributed by atoms with Crippen molar-refractivity contribution in [3.63, 3.8) is 0 Å². The number of hydrogen-bond acceptors (Lipinski definition) is 5. The lowest BCUT2D eigenvalue weighted by Crippen LogP contribution is -2.52. The molecule has 9 heteroatoms. The molecule has 1 fully saturated rings. The second-order valence-corrected chi connectivity index (χ2v) is 6.95. The van der Waals surface area contributed by atoms with Crippen molar-refractivity contribution in [1.29, 1.82) is 0 Å². The van der Waals surface area contributed by atoms with Crippen molar-refractivity contribution in [1.82, 2.24) is 10.6 Å². The first-order valence-corrected chi connectivity index (χ1v) is 8.97. The maximum Gasteiger partial charge on any atom is 0.322 e. The summed E-state index contributed by atoms with van der Waals surface area (Å²) in [7, 11) is 1.55. The van der Waals surface area contributed by atoms with Gasteiger partial charge in [0, 0.05) is 18.7 Å². The van der Waals surface area contributed by atoms with E-state index in [0.29, 0.717) is 11.4 Å². The van der Waals surface area contributed by atoms with Crippen LogP contribution in [0.3, 0.4) is 0 Å². The standard InChI is InChI=1S/C19H25N3O6/c1-11(2)17(19(27)20-9-16(24)25)21-18(26)12-8-15(23)22(10-12)13-4-6-14(28-3)7-5-13/h4-7,11-12,17H,8-10H2,1-3H3,(H,20,27)(H,21,26)(H,24,25)/t12-,17-/m0/s1. The van der Waals surface area contributed by atoms with Crippen molar-refractivity contribution in [3.8, 4) is 5.75 Å². The quantitative estimate of drug-likeness (QED) is 0.589. The zero-order chi connectivity index (χ0) is 20.8. The van der Waals surface area contributed by atoms with Crippen LogP contribution < -0.4 is 20.3 Å². The number of carboxylic acid groups (broad SMARTS) is 1. The number of rotatable bonds is 8. The molecule has 0 saturated carbocycles. The Kier molecular flexibility index (Phi) is 6.97. The van der Waals surface area contributed by atoms with Crippen LogP contribution in [0.2, 0.25) is 0 Å². The van der Waals surface area contributed by atoms with E-state index in [1.807, 2.05) is 0 Å². The predicted octanol–water partition coefficient (Wildman–Crippen LogP) is 0.390. The summed E-state index contributed by atoms with van der Waals surface area (Å²) in [6.07, 6.45) is 0.0411. The van der Waals surface area contributed by atoms with Crippen LogP contribution in [0.4, 0.5) is 5.69 Å². The van der Waals surface area contributed by atoms with Crippen LogP contribution >= 0.6 is 0 Å². The van der Waals surface area contributed by atoms with Crippen LogP contribution in [0.25, 0.3) is 0 Å². The Hall–Kier alpha value is -3.10. The van der Waals surface area contributed by atoms with Gasteiger partial charge in [-0.25, -0.2) is 0 Å². The molecule has 3 amide bonds. The van der Waals surface area contributed by atoms with Gasteiger partial charge in [-0.05, 0) is 30.2 Å². The molecule has 152 valence electrons. The SMILES string of the molecule is COc1ccc(N2C[C@@H](C(=O)N[C@H](C(=O)NCC(=O)O)C(C)C)CC2=O)cc1. The number of anilines is 1. The van der Waals surface area contributed by atoms with Crippen molar-refractivity contribution < 1.29 is 29.0 Å². The fraction of sp³-hybridized carbons (Fsp3) is 0.474. The third-order valence-electron chi connectivity index (χ3n) is 4.54. The lowest BCUT2D eigenvalue weighted by molar-refractivity contribution is -0.138. The van der Waals surface area contributed by atoms with Gasteiger partial charge in [0.15, 0.2) is 0 Å². The smallest absolute Gasteiger partial charge is 0.322 e. The molecule has 0 aliphatic carbocycles. The molecule has 1 aromatic carbocycles. The molecule has 1 saturated heterocycles. The topological polar surface area (TPSA) is 125 Å². The Morgan fingerprint density at radius 3 is 2.43 bits per heavy atom. The summed E-state index contributed by atoms with van der Waals surface area (Å²) in [6.45, 7) is 3.17. The van der Waals surface area contributed by atoms with Crippen LogP contribution in [0.1, 0.15) is 20.3 Å². The Balaban J connectivity index is 2.01. The molecule has 3 N–H and O–H groups in total. The fourth-order valence-electron chi connectivity index (χ4n) is 2.97. The minimum atomic E-state index is -1.17. The van der Waals surface area contributed by atoms with Crippen LogP contribution in [-0.2, 0) is 19.2 Å².